The van der Waals surface area contributed by atoms with Gasteiger partial charge in [0.15, 0.2) is 0 Å². The second-order valence-corrected chi connectivity index (χ2v) is 8.16. The Morgan fingerprint density at radius 1 is 1.09 bits per heavy atom. The van der Waals surface area contributed by atoms with E-state index in [4.69, 9.17) is 9.40 Å². The van der Waals surface area contributed by atoms with Crippen molar-refractivity contribution in [1.29, 1.82) is 0 Å². The Morgan fingerprint density at radius 2 is 1.91 bits per heavy atom. The summed E-state index contributed by atoms with van der Waals surface area (Å²) in [7, 11) is 0. The fourth-order valence-corrected chi connectivity index (χ4v) is 4.08. The summed E-state index contributed by atoms with van der Waals surface area (Å²) in [6.45, 7) is 3.91. The first-order valence-corrected chi connectivity index (χ1v) is 10.6. The highest BCUT2D eigenvalue weighted by Crippen LogP contribution is 2.25. The van der Waals surface area contributed by atoms with Gasteiger partial charge in [0, 0.05) is 12.0 Å². The average molecular weight is 428 g/mol. The van der Waals surface area contributed by atoms with E-state index in [9.17, 15) is 9.18 Å². The van der Waals surface area contributed by atoms with Gasteiger partial charge >= 0.3 is 11.7 Å². The molecule has 1 aliphatic rings. The molecule has 160 valence electrons. The van der Waals surface area contributed by atoms with E-state index in [1.807, 2.05) is 56.3 Å². The van der Waals surface area contributed by atoms with Crippen LogP contribution in [-0.4, -0.2) is 16.9 Å². The van der Waals surface area contributed by atoms with Crippen molar-refractivity contribution >= 4 is 11.7 Å². The Kier molecular flexibility index (Phi) is 5.05. The lowest BCUT2D eigenvalue weighted by Gasteiger charge is -2.07. The lowest BCUT2D eigenvalue weighted by Crippen LogP contribution is -2.44. The van der Waals surface area contributed by atoms with Crippen LogP contribution in [0, 0.1) is 19.7 Å². The standard InChI is InChI=1S/C26H22FN3O2/c1-16-11-21(32-17(16)2)14-23-26(31)30-15-24(19-8-4-3-5-9-19)28-22(25(30)29-23)13-18-7-6-10-20(27)12-18/h3-12,15,23H,13-14H2,1-2H3/p+1. The summed E-state index contributed by atoms with van der Waals surface area (Å²) in [5, 5.41) is 3.34. The number of benzene rings is 2. The third kappa shape index (κ3) is 3.80. The maximum atomic E-state index is 13.8. The average Bonchev–Trinajstić information content (AvgIpc) is 3.27. The maximum absolute atomic E-state index is 13.8. The van der Waals surface area contributed by atoms with E-state index < -0.39 is 6.04 Å². The second kappa shape index (κ2) is 8.04. The Hall–Kier alpha value is -3.80. The molecule has 2 aromatic heterocycles. The van der Waals surface area contributed by atoms with Crippen molar-refractivity contribution in [2.75, 3.05) is 5.32 Å². The molecular weight excluding hydrogens is 405 g/mol. The van der Waals surface area contributed by atoms with Gasteiger partial charge in [-0.1, -0.05) is 42.5 Å². The minimum atomic E-state index is -0.459. The molecule has 0 amide bonds. The van der Waals surface area contributed by atoms with Crippen LogP contribution < -0.4 is 9.88 Å². The normalized spacial score (nSPS) is 15.0. The lowest BCUT2D eigenvalue weighted by atomic mass is 10.1. The first kappa shape index (κ1) is 20.1. The Morgan fingerprint density at radius 3 is 2.62 bits per heavy atom. The van der Waals surface area contributed by atoms with Crippen molar-refractivity contribution in [1.82, 2.24) is 4.98 Å². The number of aromatic nitrogens is 2. The fraction of sp³-hybridized carbons (Fsp3) is 0.192. The summed E-state index contributed by atoms with van der Waals surface area (Å²) in [5.74, 6) is 1.91. The van der Waals surface area contributed by atoms with E-state index in [2.05, 4.69) is 5.32 Å². The molecule has 6 heteroatoms. The zero-order valence-corrected chi connectivity index (χ0v) is 17.9. The first-order valence-electron chi connectivity index (χ1n) is 10.6. The number of fused-ring (bicyclic) bond motifs is 1. The molecule has 0 fully saturated rings. The van der Waals surface area contributed by atoms with E-state index in [1.165, 1.54) is 12.1 Å². The van der Waals surface area contributed by atoms with Crippen LogP contribution in [0.5, 0.6) is 0 Å². The summed E-state index contributed by atoms with van der Waals surface area (Å²) >= 11 is 0. The molecule has 1 atom stereocenters. The lowest BCUT2D eigenvalue weighted by molar-refractivity contribution is -0.552. The third-order valence-corrected chi connectivity index (χ3v) is 5.82. The largest absolute Gasteiger partial charge is 0.466 e. The third-order valence-electron chi connectivity index (χ3n) is 5.82. The molecule has 1 N–H and O–H groups in total. The topological polar surface area (TPSA) is 59.0 Å². The molecule has 0 aliphatic carbocycles. The molecule has 0 spiro atoms. The minimum Gasteiger partial charge on any atom is -0.466 e. The highest BCUT2D eigenvalue weighted by molar-refractivity contribution is 5.82. The van der Waals surface area contributed by atoms with E-state index in [0.717, 1.165) is 28.2 Å². The quantitative estimate of drug-likeness (QED) is 0.470. The monoisotopic (exact) mass is 428 g/mol. The molecule has 5 rings (SSSR count). The molecule has 0 radical (unpaired) electrons. The molecule has 4 aromatic rings. The summed E-state index contributed by atoms with van der Waals surface area (Å²) in [6.07, 6.45) is 2.61. The van der Waals surface area contributed by atoms with Crippen LogP contribution in [0.25, 0.3) is 11.3 Å². The number of carbonyl (C=O) groups is 1. The molecule has 0 saturated heterocycles. The van der Waals surface area contributed by atoms with Gasteiger partial charge < -0.3 is 4.42 Å². The summed E-state index contributed by atoms with van der Waals surface area (Å²) in [5.41, 5.74) is 4.16. The number of anilines is 1. The van der Waals surface area contributed by atoms with Crippen LogP contribution in [0.2, 0.25) is 0 Å². The number of hydrogen-bond acceptors (Lipinski definition) is 4. The highest BCUT2D eigenvalue weighted by atomic mass is 19.1. The maximum Gasteiger partial charge on any atom is 0.359 e. The summed E-state index contributed by atoms with van der Waals surface area (Å²) in [4.78, 5) is 18.2. The number of rotatable bonds is 5. The van der Waals surface area contributed by atoms with Gasteiger partial charge in [-0.2, -0.15) is 4.57 Å². The van der Waals surface area contributed by atoms with Crippen LogP contribution >= 0.6 is 0 Å². The van der Waals surface area contributed by atoms with Gasteiger partial charge in [-0.05, 0) is 43.2 Å². The van der Waals surface area contributed by atoms with Crippen LogP contribution in [0.4, 0.5) is 10.2 Å². The molecule has 0 saturated carbocycles. The molecule has 2 aromatic carbocycles. The van der Waals surface area contributed by atoms with E-state index in [-0.39, 0.29) is 11.7 Å². The zero-order chi connectivity index (χ0) is 22.2. The van der Waals surface area contributed by atoms with Crippen molar-refractivity contribution in [2.45, 2.75) is 32.7 Å². The second-order valence-electron chi connectivity index (χ2n) is 8.16. The molecule has 0 bridgehead atoms. The van der Waals surface area contributed by atoms with Crippen molar-refractivity contribution in [2.24, 2.45) is 0 Å². The number of carbonyl (C=O) groups excluding carboxylic acids is 1. The molecule has 3 heterocycles. The number of halogens is 1. The SMILES string of the molecule is Cc1cc(CC2Nc3c(Cc4cccc(F)c4)nc(-c4ccccc4)c[n+]3C2=O)oc1C. The van der Waals surface area contributed by atoms with Gasteiger partial charge in [-0.25, -0.2) is 14.2 Å². The van der Waals surface area contributed by atoms with Crippen molar-refractivity contribution < 1.29 is 18.2 Å². The molecular formula is C26H23FN3O2+. The van der Waals surface area contributed by atoms with Gasteiger partial charge in [0.2, 0.25) is 6.04 Å². The van der Waals surface area contributed by atoms with Crippen LogP contribution in [-0.2, 0) is 12.8 Å². The molecule has 5 nitrogen and oxygen atoms in total. The summed E-state index contributed by atoms with van der Waals surface area (Å²) < 4.78 is 21.2. The predicted molar refractivity (Wildman–Crippen MR) is 119 cm³/mol. The Labute approximate surface area is 185 Å². The van der Waals surface area contributed by atoms with Crippen LogP contribution in [0.1, 0.15) is 33.1 Å². The number of furan rings is 1. The van der Waals surface area contributed by atoms with Crippen molar-refractivity contribution in [3.05, 3.63) is 101 Å². The fourth-order valence-electron chi connectivity index (χ4n) is 4.08. The smallest absolute Gasteiger partial charge is 0.359 e. The Balaban J connectivity index is 1.54. The molecule has 1 aliphatic heterocycles. The zero-order valence-electron chi connectivity index (χ0n) is 17.9. The van der Waals surface area contributed by atoms with Crippen molar-refractivity contribution in [3.63, 3.8) is 0 Å². The van der Waals surface area contributed by atoms with Gasteiger partial charge in [0.05, 0.1) is 6.42 Å². The van der Waals surface area contributed by atoms with Gasteiger partial charge in [-0.3, -0.25) is 5.32 Å². The highest BCUT2D eigenvalue weighted by Gasteiger charge is 2.41. The van der Waals surface area contributed by atoms with E-state index in [1.54, 1.807) is 16.8 Å². The number of aryl methyl sites for hydroxylation is 2. The van der Waals surface area contributed by atoms with E-state index >= 15 is 0 Å². The Bertz CT molecular complexity index is 1290. The van der Waals surface area contributed by atoms with Gasteiger partial charge in [0.1, 0.15) is 34.9 Å². The summed E-state index contributed by atoms with van der Waals surface area (Å²) in [6, 6.07) is 17.7. The van der Waals surface area contributed by atoms with E-state index in [0.29, 0.717) is 30.0 Å². The predicted octanol–water partition coefficient (Wildman–Crippen LogP) is 4.65. The number of nitrogens with zero attached hydrogens (tertiary/aromatic N) is 2. The number of nitrogens with one attached hydrogen (secondary N) is 1. The van der Waals surface area contributed by atoms with Gasteiger partial charge in [-0.15, -0.1) is 0 Å². The van der Waals surface area contributed by atoms with Crippen LogP contribution in [0.3, 0.4) is 0 Å². The minimum absolute atomic E-state index is 0.0632. The number of hydrogen-bond donors (Lipinski definition) is 1. The van der Waals surface area contributed by atoms with Gasteiger partial charge in [0.25, 0.3) is 0 Å². The molecule has 1 unspecified atom stereocenters. The van der Waals surface area contributed by atoms with Crippen molar-refractivity contribution in [3.8, 4) is 11.3 Å². The first-order chi connectivity index (χ1) is 15.5. The van der Waals surface area contributed by atoms with Crippen LogP contribution in [0.15, 0.2) is 71.3 Å². The molecule has 32 heavy (non-hydrogen) atoms.